The molecule has 0 spiro atoms. The standard InChI is InChI=1S/C68H46N2/c1-4-17-47(18-5-1)56-42-57(48-19-6-2-7-20-48)44-58(43-56)51-35-39-61(40-36-51)69(60-37-33-50(34-38-60)53-32-31-49-21-10-11-22-52(49)41-53)62-27-16-24-55(45-62)67-63-28-13-12-23-54(63)46-66-68(67)64-29-14-15-30-65(64)70(66)59-25-8-3-9-26-59/h1-46H. The van der Waals surface area contributed by atoms with E-state index in [0.717, 1.165) is 33.9 Å². The molecule has 0 saturated heterocycles. The molecule has 0 saturated carbocycles. The summed E-state index contributed by atoms with van der Waals surface area (Å²) < 4.78 is 2.42. The largest absolute Gasteiger partial charge is 0.310 e. The molecule has 328 valence electrons. The van der Waals surface area contributed by atoms with E-state index in [1.807, 2.05) is 0 Å². The first-order valence-corrected chi connectivity index (χ1v) is 24.1. The van der Waals surface area contributed by atoms with E-state index in [-0.39, 0.29) is 0 Å². The van der Waals surface area contributed by atoms with Gasteiger partial charge in [-0.15, -0.1) is 0 Å². The molecule has 0 aliphatic rings. The minimum Gasteiger partial charge on any atom is -0.310 e. The van der Waals surface area contributed by atoms with Gasteiger partial charge in [0.05, 0.1) is 11.0 Å². The van der Waals surface area contributed by atoms with Crippen molar-refractivity contribution in [3.05, 3.63) is 279 Å². The summed E-state index contributed by atoms with van der Waals surface area (Å²) in [6, 6.07) is 102. The van der Waals surface area contributed by atoms with Crippen LogP contribution in [0.2, 0.25) is 0 Å². The molecule has 13 aromatic rings. The fourth-order valence-electron chi connectivity index (χ4n) is 10.6. The molecule has 0 atom stereocenters. The Morgan fingerprint density at radius 1 is 0.243 bits per heavy atom. The van der Waals surface area contributed by atoms with Crippen molar-refractivity contribution in [1.29, 1.82) is 0 Å². The smallest absolute Gasteiger partial charge is 0.0553 e. The van der Waals surface area contributed by atoms with Crippen LogP contribution in [0, 0.1) is 0 Å². The summed E-state index contributed by atoms with van der Waals surface area (Å²) >= 11 is 0. The number of fused-ring (bicyclic) bond motifs is 5. The third-order valence-corrected chi connectivity index (χ3v) is 13.9. The van der Waals surface area contributed by atoms with Gasteiger partial charge in [0.15, 0.2) is 0 Å². The van der Waals surface area contributed by atoms with Crippen LogP contribution in [-0.4, -0.2) is 4.57 Å². The lowest BCUT2D eigenvalue weighted by Crippen LogP contribution is -2.10. The summed E-state index contributed by atoms with van der Waals surface area (Å²) in [5.74, 6) is 0. The summed E-state index contributed by atoms with van der Waals surface area (Å²) in [4.78, 5) is 2.41. The van der Waals surface area contributed by atoms with E-state index in [2.05, 4.69) is 289 Å². The first kappa shape index (κ1) is 41.0. The minimum atomic E-state index is 1.07. The summed E-state index contributed by atoms with van der Waals surface area (Å²) in [7, 11) is 0. The van der Waals surface area contributed by atoms with Crippen molar-refractivity contribution in [1.82, 2.24) is 4.57 Å². The van der Waals surface area contributed by atoms with Gasteiger partial charge in [-0.25, -0.2) is 0 Å². The molecule has 0 aliphatic heterocycles. The van der Waals surface area contributed by atoms with Gasteiger partial charge in [-0.3, -0.25) is 0 Å². The molecule has 2 nitrogen and oxygen atoms in total. The average Bonchev–Trinajstić information content (AvgIpc) is 3.77. The molecule has 13 rings (SSSR count). The van der Waals surface area contributed by atoms with E-state index < -0.39 is 0 Å². The number of aromatic nitrogens is 1. The minimum absolute atomic E-state index is 1.07. The maximum Gasteiger partial charge on any atom is 0.0553 e. The van der Waals surface area contributed by atoms with Gasteiger partial charge in [0, 0.05) is 33.5 Å². The fraction of sp³-hybridized carbons (Fsp3) is 0. The van der Waals surface area contributed by atoms with Gasteiger partial charge < -0.3 is 9.47 Å². The number of nitrogens with zero attached hydrogens (tertiary/aromatic N) is 2. The number of hydrogen-bond donors (Lipinski definition) is 0. The highest BCUT2D eigenvalue weighted by Crippen LogP contribution is 2.45. The monoisotopic (exact) mass is 890 g/mol. The predicted molar refractivity (Wildman–Crippen MR) is 298 cm³/mol. The van der Waals surface area contributed by atoms with E-state index in [9.17, 15) is 0 Å². The van der Waals surface area contributed by atoms with Crippen molar-refractivity contribution in [3.8, 4) is 61.3 Å². The molecule has 0 amide bonds. The molecule has 0 unspecified atom stereocenters. The molecule has 1 heterocycles. The van der Waals surface area contributed by atoms with Gasteiger partial charge in [0.25, 0.3) is 0 Å². The normalized spacial score (nSPS) is 11.4. The zero-order chi connectivity index (χ0) is 46.4. The molecule has 2 heteroatoms. The summed E-state index contributed by atoms with van der Waals surface area (Å²) in [6.07, 6.45) is 0. The molecule has 0 aliphatic carbocycles. The highest BCUT2D eigenvalue weighted by molar-refractivity contribution is 6.23. The Morgan fingerprint density at radius 2 is 0.729 bits per heavy atom. The van der Waals surface area contributed by atoms with Crippen LogP contribution in [0.1, 0.15) is 0 Å². The Hall–Kier alpha value is -9.24. The van der Waals surface area contributed by atoms with Crippen LogP contribution < -0.4 is 4.90 Å². The lowest BCUT2D eigenvalue weighted by molar-refractivity contribution is 1.18. The van der Waals surface area contributed by atoms with Gasteiger partial charge in [-0.1, -0.05) is 194 Å². The molecule has 70 heavy (non-hydrogen) atoms. The summed E-state index contributed by atoms with van der Waals surface area (Å²) in [5.41, 5.74) is 18.7. The second-order valence-corrected chi connectivity index (χ2v) is 18.1. The van der Waals surface area contributed by atoms with Gasteiger partial charge in [0.1, 0.15) is 0 Å². The molecular weight excluding hydrogens is 845 g/mol. The van der Waals surface area contributed by atoms with Crippen LogP contribution >= 0.6 is 0 Å². The highest BCUT2D eigenvalue weighted by Gasteiger charge is 2.21. The van der Waals surface area contributed by atoms with Crippen molar-refractivity contribution in [2.24, 2.45) is 0 Å². The Balaban J connectivity index is 0.975. The third-order valence-electron chi connectivity index (χ3n) is 13.9. The SMILES string of the molecule is c1ccc(-c2cc(-c3ccccc3)cc(-c3ccc(N(c4ccc(-c5ccc6ccccc6c5)cc4)c4cccc(-c5c6ccccc6cc6c5c5ccccc5n6-c5ccccc5)c4)cc3)c2)cc1. The van der Waals surface area contributed by atoms with Crippen LogP contribution in [0.15, 0.2) is 279 Å². The van der Waals surface area contributed by atoms with Crippen molar-refractivity contribution in [2.45, 2.75) is 0 Å². The molecule has 0 N–H and O–H groups in total. The van der Waals surface area contributed by atoms with Crippen LogP contribution in [0.5, 0.6) is 0 Å². The first-order chi connectivity index (χ1) is 34.7. The van der Waals surface area contributed by atoms with Gasteiger partial charge in [0.2, 0.25) is 0 Å². The lowest BCUT2D eigenvalue weighted by Gasteiger charge is -2.27. The highest BCUT2D eigenvalue weighted by atomic mass is 15.1. The summed E-state index contributed by atoms with van der Waals surface area (Å²) in [5, 5.41) is 7.40. The van der Waals surface area contributed by atoms with Gasteiger partial charge in [-0.2, -0.15) is 0 Å². The number of anilines is 3. The Bertz CT molecular complexity index is 3960. The van der Waals surface area contributed by atoms with Crippen molar-refractivity contribution >= 4 is 60.4 Å². The molecule has 0 fully saturated rings. The molecule has 12 aromatic carbocycles. The molecular formula is C68H46N2. The number of benzene rings is 12. The number of rotatable bonds is 9. The first-order valence-electron chi connectivity index (χ1n) is 24.1. The van der Waals surface area contributed by atoms with Crippen LogP contribution in [0.4, 0.5) is 17.1 Å². The molecule has 1 aromatic heterocycles. The van der Waals surface area contributed by atoms with E-state index >= 15 is 0 Å². The fourth-order valence-corrected chi connectivity index (χ4v) is 10.6. The van der Waals surface area contributed by atoms with Gasteiger partial charge >= 0.3 is 0 Å². The topological polar surface area (TPSA) is 8.17 Å². The lowest BCUT2D eigenvalue weighted by atomic mass is 9.92. The van der Waals surface area contributed by atoms with Crippen molar-refractivity contribution in [2.75, 3.05) is 4.90 Å². The van der Waals surface area contributed by atoms with E-state index in [1.54, 1.807) is 0 Å². The van der Waals surface area contributed by atoms with E-state index in [1.165, 1.54) is 87.9 Å². The number of hydrogen-bond acceptors (Lipinski definition) is 1. The Kier molecular flexibility index (Phi) is 10.2. The zero-order valence-corrected chi connectivity index (χ0v) is 38.5. The summed E-state index contributed by atoms with van der Waals surface area (Å²) in [6.45, 7) is 0. The Morgan fingerprint density at radius 3 is 1.37 bits per heavy atom. The van der Waals surface area contributed by atoms with Crippen LogP contribution in [-0.2, 0) is 0 Å². The molecule has 0 bridgehead atoms. The van der Waals surface area contributed by atoms with E-state index in [4.69, 9.17) is 0 Å². The molecule has 0 radical (unpaired) electrons. The average molecular weight is 891 g/mol. The number of para-hydroxylation sites is 2. The maximum absolute atomic E-state index is 2.42. The second-order valence-electron chi connectivity index (χ2n) is 18.1. The van der Waals surface area contributed by atoms with Crippen LogP contribution in [0.3, 0.4) is 0 Å². The quantitative estimate of drug-likeness (QED) is 0.140. The zero-order valence-electron chi connectivity index (χ0n) is 38.5. The van der Waals surface area contributed by atoms with Crippen molar-refractivity contribution in [3.63, 3.8) is 0 Å². The second kappa shape index (κ2) is 17.4. The van der Waals surface area contributed by atoms with Crippen LogP contribution in [0.25, 0.3) is 105 Å². The predicted octanol–water partition coefficient (Wildman–Crippen LogP) is 18.9. The van der Waals surface area contributed by atoms with E-state index in [0.29, 0.717) is 0 Å². The third kappa shape index (κ3) is 7.40. The van der Waals surface area contributed by atoms with Gasteiger partial charge in [-0.05, 0) is 162 Å². The Labute approximate surface area is 408 Å². The van der Waals surface area contributed by atoms with Crippen molar-refractivity contribution < 1.29 is 0 Å². The maximum atomic E-state index is 2.42.